The van der Waals surface area contributed by atoms with Crippen molar-refractivity contribution in [2.45, 2.75) is 53.1 Å². The molecule has 0 spiro atoms. The van der Waals surface area contributed by atoms with Crippen LogP contribution in [-0.4, -0.2) is 38.2 Å². The van der Waals surface area contributed by atoms with Crippen LogP contribution >= 0.6 is 0 Å². The number of aliphatic carboxylic acids is 1. The third-order valence-corrected chi connectivity index (χ3v) is 5.24. The van der Waals surface area contributed by atoms with Crippen LogP contribution in [0.15, 0.2) is 24.3 Å². The minimum Gasteiger partial charge on any atom is -0.479 e. The van der Waals surface area contributed by atoms with Crippen LogP contribution in [0.3, 0.4) is 0 Å². The van der Waals surface area contributed by atoms with Crippen LogP contribution in [0, 0.1) is 19.8 Å². The molecule has 27 heavy (non-hydrogen) atoms. The van der Waals surface area contributed by atoms with Crippen molar-refractivity contribution >= 4 is 11.9 Å². The molecular formula is C21H27N3O3. The van der Waals surface area contributed by atoms with E-state index in [1.54, 1.807) is 0 Å². The predicted molar refractivity (Wildman–Crippen MR) is 102 cm³/mol. The summed E-state index contributed by atoms with van der Waals surface area (Å²) in [7, 11) is 0. The lowest BCUT2D eigenvalue weighted by molar-refractivity contribution is -0.151. The quantitative estimate of drug-likeness (QED) is 0.879. The van der Waals surface area contributed by atoms with E-state index in [4.69, 9.17) is 0 Å². The number of carbonyl (C=O) groups excluding carboxylic acids is 1. The molecule has 0 radical (unpaired) electrons. The van der Waals surface area contributed by atoms with E-state index < -0.39 is 12.0 Å². The lowest BCUT2D eigenvalue weighted by atomic mass is 9.92. The molecule has 1 unspecified atom stereocenters. The van der Waals surface area contributed by atoms with Gasteiger partial charge in [-0.3, -0.25) is 9.48 Å². The highest BCUT2D eigenvalue weighted by Gasteiger charge is 2.36. The van der Waals surface area contributed by atoms with Crippen molar-refractivity contribution in [2.24, 2.45) is 5.92 Å². The van der Waals surface area contributed by atoms with Crippen molar-refractivity contribution < 1.29 is 14.7 Å². The minimum absolute atomic E-state index is 0.160. The molecule has 1 aromatic heterocycles. The Morgan fingerprint density at radius 3 is 2.63 bits per heavy atom. The van der Waals surface area contributed by atoms with E-state index in [2.05, 4.69) is 18.9 Å². The van der Waals surface area contributed by atoms with Gasteiger partial charge >= 0.3 is 5.97 Å². The van der Waals surface area contributed by atoms with Gasteiger partial charge in [0.05, 0.1) is 12.1 Å². The van der Waals surface area contributed by atoms with Gasteiger partial charge in [0, 0.05) is 24.3 Å². The molecule has 6 heteroatoms. The maximum atomic E-state index is 13.1. The monoisotopic (exact) mass is 369 g/mol. The first kappa shape index (κ1) is 19.1. The van der Waals surface area contributed by atoms with Gasteiger partial charge in [-0.05, 0) is 37.3 Å². The minimum atomic E-state index is -0.987. The Bertz CT molecular complexity index is 870. The van der Waals surface area contributed by atoms with Crippen molar-refractivity contribution in [3.05, 3.63) is 52.3 Å². The second-order valence-corrected chi connectivity index (χ2v) is 7.68. The number of aryl methyl sites for hydroxylation is 1. The van der Waals surface area contributed by atoms with Crippen LogP contribution < -0.4 is 0 Å². The van der Waals surface area contributed by atoms with Crippen LogP contribution in [0.5, 0.6) is 0 Å². The van der Waals surface area contributed by atoms with E-state index in [0.29, 0.717) is 24.4 Å². The largest absolute Gasteiger partial charge is 0.479 e. The van der Waals surface area contributed by atoms with Gasteiger partial charge in [-0.15, -0.1) is 0 Å². The van der Waals surface area contributed by atoms with Crippen molar-refractivity contribution in [3.8, 4) is 0 Å². The molecule has 144 valence electrons. The average molecular weight is 369 g/mol. The lowest BCUT2D eigenvalue weighted by Crippen LogP contribution is -2.44. The third kappa shape index (κ3) is 3.75. The van der Waals surface area contributed by atoms with Crippen LogP contribution in [-0.2, 0) is 29.0 Å². The van der Waals surface area contributed by atoms with Crippen LogP contribution in [0.2, 0.25) is 0 Å². The molecule has 1 N–H and O–H groups in total. The van der Waals surface area contributed by atoms with Crippen molar-refractivity contribution in [2.75, 3.05) is 6.54 Å². The fraction of sp³-hybridized carbons (Fsp3) is 0.476. The zero-order valence-electron chi connectivity index (χ0n) is 16.4. The number of rotatable bonds is 5. The fourth-order valence-electron chi connectivity index (χ4n) is 3.87. The summed E-state index contributed by atoms with van der Waals surface area (Å²) in [6, 6.07) is 6.56. The summed E-state index contributed by atoms with van der Waals surface area (Å²) in [5.74, 6) is -0.687. The Balaban J connectivity index is 1.86. The Hall–Kier alpha value is -2.63. The molecule has 1 amide bonds. The van der Waals surface area contributed by atoms with E-state index in [0.717, 1.165) is 29.1 Å². The standard InChI is InChI=1S/C21H27N3O3/c1-13(2)12-24-15(4)18(14(3)22-24)11-19(25)23-10-9-16-7-5-6-8-17(16)20(23)21(26)27/h5-8,13,20H,9-12H2,1-4H3,(H,26,27). The number of nitrogens with zero attached hydrogens (tertiary/aromatic N) is 3. The van der Waals surface area contributed by atoms with Gasteiger partial charge in [-0.25, -0.2) is 4.79 Å². The van der Waals surface area contributed by atoms with E-state index in [1.165, 1.54) is 4.90 Å². The predicted octanol–water partition coefficient (Wildman–Crippen LogP) is 2.91. The molecule has 1 atom stereocenters. The van der Waals surface area contributed by atoms with Gasteiger partial charge in [-0.1, -0.05) is 38.1 Å². The number of amides is 1. The molecule has 3 rings (SSSR count). The van der Waals surface area contributed by atoms with Crippen LogP contribution in [0.25, 0.3) is 0 Å². The summed E-state index contributed by atoms with van der Waals surface area (Å²) in [5.41, 5.74) is 4.45. The average Bonchev–Trinajstić information content (AvgIpc) is 2.87. The molecule has 0 bridgehead atoms. The molecule has 2 heterocycles. The number of aromatic nitrogens is 2. The molecule has 2 aromatic rings. The third-order valence-electron chi connectivity index (χ3n) is 5.24. The topological polar surface area (TPSA) is 75.4 Å². The highest BCUT2D eigenvalue weighted by atomic mass is 16.4. The number of carbonyl (C=O) groups is 2. The van der Waals surface area contributed by atoms with E-state index in [-0.39, 0.29) is 12.3 Å². The van der Waals surface area contributed by atoms with Gasteiger partial charge in [-0.2, -0.15) is 5.10 Å². The number of hydrogen-bond acceptors (Lipinski definition) is 3. The Labute approximate surface area is 159 Å². The summed E-state index contributed by atoms with van der Waals surface area (Å²) in [6.07, 6.45) is 0.859. The van der Waals surface area contributed by atoms with Crippen molar-refractivity contribution in [3.63, 3.8) is 0 Å². The maximum Gasteiger partial charge on any atom is 0.331 e. The zero-order valence-corrected chi connectivity index (χ0v) is 16.4. The number of carboxylic acids is 1. The van der Waals surface area contributed by atoms with Crippen LogP contribution in [0.4, 0.5) is 0 Å². The van der Waals surface area contributed by atoms with E-state index in [9.17, 15) is 14.7 Å². The fourth-order valence-corrected chi connectivity index (χ4v) is 3.87. The van der Waals surface area contributed by atoms with Crippen molar-refractivity contribution in [1.82, 2.24) is 14.7 Å². The number of carboxylic acid groups (broad SMARTS) is 1. The van der Waals surface area contributed by atoms with Crippen molar-refractivity contribution in [1.29, 1.82) is 0 Å². The molecular weight excluding hydrogens is 342 g/mol. The Morgan fingerprint density at radius 2 is 1.96 bits per heavy atom. The maximum absolute atomic E-state index is 13.1. The van der Waals surface area contributed by atoms with Gasteiger partial charge in [0.1, 0.15) is 0 Å². The van der Waals surface area contributed by atoms with Gasteiger partial charge in [0.2, 0.25) is 5.91 Å². The highest BCUT2D eigenvalue weighted by Crippen LogP contribution is 2.31. The molecule has 0 fully saturated rings. The normalized spacial score (nSPS) is 16.5. The molecule has 1 aliphatic heterocycles. The molecule has 0 saturated carbocycles. The number of fused-ring (bicyclic) bond motifs is 1. The van der Waals surface area contributed by atoms with Gasteiger partial charge in [0.25, 0.3) is 0 Å². The number of hydrogen-bond donors (Lipinski definition) is 1. The first-order valence-corrected chi connectivity index (χ1v) is 9.42. The smallest absolute Gasteiger partial charge is 0.331 e. The Morgan fingerprint density at radius 1 is 1.26 bits per heavy atom. The second-order valence-electron chi connectivity index (χ2n) is 7.68. The summed E-state index contributed by atoms with van der Waals surface area (Å²) < 4.78 is 1.95. The molecule has 1 aromatic carbocycles. The van der Waals surface area contributed by atoms with Gasteiger partial charge < -0.3 is 10.0 Å². The zero-order chi connectivity index (χ0) is 19.7. The molecule has 0 aliphatic carbocycles. The highest BCUT2D eigenvalue weighted by molar-refractivity contribution is 5.87. The SMILES string of the molecule is Cc1nn(CC(C)C)c(C)c1CC(=O)N1CCc2ccccc2C1C(=O)O. The summed E-state index contributed by atoms with van der Waals surface area (Å²) >= 11 is 0. The first-order valence-electron chi connectivity index (χ1n) is 9.42. The summed E-state index contributed by atoms with van der Waals surface area (Å²) in [5, 5.41) is 14.3. The van der Waals surface area contributed by atoms with E-state index in [1.807, 2.05) is 42.8 Å². The van der Waals surface area contributed by atoms with Gasteiger partial charge in [0.15, 0.2) is 6.04 Å². The van der Waals surface area contributed by atoms with Crippen LogP contribution in [0.1, 0.15) is 48.0 Å². The summed E-state index contributed by atoms with van der Waals surface area (Å²) in [4.78, 5) is 26.5. The second kappa shape index (κ2) is 7.55. The molecule has 0 saturated heterocycles. The first-order chi connectivity index (χ1) is 12.8. The number of benzene rings is 1. The molecule has 1 aliphatic rings. The molecule has 6 nitrogen and oxygen atoms in total. The lowest BCUT2D eigenvalue weighted by Gasteiger charge is -2.35. The summed E-state index contributed by atoms with van der Waals surface area (Å²) in [6.45, 7) is 9.37. The Kier molecular flexibility index (Phi) is 5.35. The van der Waals surface area contributed by atoms with E-state index >= 15 is 0 Å².